The predicted octanol–water partition coefficient (Wildman–Crippen LogP) is 4.52. The van der Waals surface area contributed by atoms with E-state index in [-0.39, 0.29) is 0 Å². The molecular weight excluding hydrogens is 424 g/mol. The minimum Gasteiger partial charge on any atom is -0.497 e. The molecule has 0 spiro atoms. The highest BCUT2D eigenvalue weighted by Gasteiger charge is 2.58. The van der Waals surface area contributed by atoms with E-state index < -0.39 is 10.8 Å². The van der Waals surface area contributed by atoms with Gasteiger partial charge in [-0.2, -0.15) is 4.98 Å². The van der Waals surface area contributed by atoms with E-state index >= 15 is 0 Å². The van der Waals surface area contributed by atoms with Crippen LogP contribution in [-0.4, -0.2) is 48.6 Å². The third-order valence-electron chi connectivity index (χ3n) is 6.93. The first-order chi connectivity index (χ1) is 16.7. The summed E-state index contributed by atoms with van der Waals surface area (Å²) in [4.78, 5) is 11.6. The third kappa shape index (κ3) is 3.65. The predicted molar refractivity (Wildman–Crippen MR) is 132 cm³/mol. The molecule has 1 aliphatic heterocycles. The zero-order valence-corrected chi connectivity index (χ0v) is 19.5. The third-order valence-corrected chi connectivity index (χ3v) is 6.93. The van der Waals surface area contributed by atoms with Gasteiger partial charge in [0.05, 0.1) is 25.4 Å². The van der Waals surface area contributed by atoms with Crippen LogP contribution in [-0.2, 0) is 17.3 Å². The standard InChI is InChI=1S/C28H28N4O2/c1-32-19-27(18-29-20-32,26-30-21-34-31-26)28(23-9-5-3-6-10-23,24-11-7-4-8-12-24)17-22-13-15-25(33-2)16-14-22/h3-16,20-21H,17-19H2,1-2H3. The van der Waals surface area contributed by atoms with E-state index in [1.807, 2.05) is 25.5 Å². The number of hydrogen-bond donors (Lipinski definition) is 0. The van der Waals surface area contributed by atoms with Crippen molar-refractivity contribution >= 4 is 6.34 Å². The molecule has 1 unspecified atom stereocenters. The highest BCUT2D eigenvalue weighted by molar-refractivity contribution is 5.59. The van der Waals surface area contributed by atoms with Gasteiger partial charge in [-0.05, 0) is 35.2 Å². The van der Waals surface area contributed by atoms with Gasteiger partial charge in [-0.1, -0.05) is 78.0 Å². The van der Waals surface area contributed by atoms with E-state index in [0.29, 0.717) is 18.9 Å². The normalized spacial score (nSPS) is 18.1. The average Bonchev–Trinajstić information content (AvgIpc) is 3.44. The fraction of sp³-hybridized carbons (Fsp3) is 0.250. The van der Waals surface area contributed by atoms with Gasteiger partial charge in [-0.3, -0.25) is 4.99 Å². The fourth-order valence-corrected chi connectivity index (χ4v) is 5.42. The molecule has 6 nitrogen and oxygen atoms in total. The number of ether oxygens (including phenoxy) is 1. The molecule has 0 N–H and O–H groups in total. The second kappa shape index (κ2) is 9.14. The summed E-state index contributed by atoms with van der Waals surface area (Å²) in [5, 5.41) is 4.43. The maximum atomic E-state index is 5.42. The summed E-state index contributed by atoms with van der Waals surface area (Å²) in [5.74, 6) is 1.50. The Morgan fingerprint density at radius 3 is 2.12 bits per heavy atom. The van der Waals surface area contributed by atoms with Crippen LogP contribution in [0, 0.1) is 0 Å². The van der Waals surface area contributed by atoms with Crippen LogP contribution in [0.3, 0.4) is 0 Å². The Morgan fingerprint density at radius 2 is 1.59 bits per heavy atom. The maximum Gasteiger partial charge on any atom is 0.213 e. The highest BCUT2D eigenvalue weighted by atomic mass is 16.5. The van der Waals surface area contributed by atoms with Crippen LogP contribution in [0.1, 0.15) is 22.5 Å². The fourth-order valence-electron chi connectivity index (χ4n) is 5.42. The van der Waals surface area contributed by atoms with Gasteiger partial charge in [-0.25, -0.2) is 0 Å². The van der Waals surface area contributed by atoms with Crippen molar-refractivity contribution < 1.29 is 9.26 Å². The largest absolute Gasteiger partial charge is 0.497 e. The summed E-state index contributed by atoms with van der Waals surface area (Å²) in [7, 11) is 3.74. The zero-order valence-electron chi connectivity index (χ0n) is 19.5. The van der Waals surface area contributed by atoms with Crippen molar-refractivity contribution in [3.8, 4) is 5.75 Å². The number of benzene rings is 3. The Morgan fingerprint density at radius 1 is 0.941 bits per heavy atom. The molecule has 3 aromatic carbocycles. The van der Waals surface area contributed by atoms with Gasteiger partial charge in [0, 0.05) is 19.0 Å². The number of nitrogens with zero attached hydrogens (tertiary/aromatic N) is 4. The van der Waals surface area contributed by atoms with Crippen LogP contribution in [0.4, 0.5) is 0 Å². The monoisotopic (exact) mass is 452 g/mol. The topological polar surface area (TPSA) is 63.8 Å². The molecule has 0 fully saturated rings. The number of methoxy groups -OCH3 is 1. The molecule has 1 atom stereocenters. The lowest BCUT2D eigenvalue weighted by Crippen LogP contribution is -2.60. The minimum atomic E-state index is -0.577. The van der Waals surface area contributed by atoms with E-state index in [0.717, 1.165) is 12.2 Å². The quantitative estimate of drug-likeness (QED) is 0.413. The maximum absolute atomic E-state index is 5.42. The molecule has 0 saturated carbocycles. The van der Waals surface area contributed by atoms with Crippen molar-refractivity contribution in [2.75, 3.05) is 27.2 Å². The van der Waals surface area contributed by atoms with Crippen molar-refractivity contribution in [3.05, 3.63) is 114 Å². The molecule has 2 heterocycles. The molecule has 6 heteroatoms. The van der Waals surface area contributed by atoms with Crippen molar-refractivity contribution in [3.63, 3.8) is 0 Å². The lowest BCUT2D eigenvalue weighted by molar-refractivity contribution is 0.187. The van der Waals surface area contributed by atoms with Crippen LogP contribution in [0.5, 0.6) is 5.75 Å². The van der Waals surface area contributed by atoms with Crippen LogP contribution in [0.2, 0.25) is 0 Å². The Bertz CT molecular complexity index is 1190. The van der Waals surface area contributed by atoms with E-state index in [9.17, 15) is 0 Å². The summed E-state index contributed by atoms with van der Waals surface area (Å²) in [6, 6.07) is 29.6. The van der Waals surface area contributed by atoms with Crippen LogP contribution in [0.25, 0.3) is 0 Å². The smallest absolute Gasteiger partial charge is 0.213 e. The molecule has 0 amide bonds. The molecule has 5 rings (SSSR count). The summed E-state index contributed by atoms with van der Waals surface area (Å²) in [5.41, 5.74) is 2.46. The first-order valence-electron chi connectivity index (χ1n) is 11.4. The number of aliphatic imine (C=N–C) groups is 1. The number of aromatic nitrogens is 2. The second-order valence-electron chi connectivity index (χ2n) is 8.87. The Labute approximate surface area is 199 Å². The van der Waals surface area contributed by atoms with Crippen molar-refractivity contribution in [2.24, 2.45) is 4.99 Å². The van der Waals surface area contributed by atoms with Gasteiger partial charge in [0.1, 0.15) is 5.75 Å². The molecule has 1 aliphatic rings. The summed E-state index contributed by atoms with van der Waals surface area (Å²) >= 11 is 0. The van der Waals surface area contributed by atoms with Gasteiger partial charge in [0.15, 0.2) is 5.82 Å². The lowest BCUT2D eigenvalue weighted by Gasteiger charge is -2.52. The van der Waals surface area contributed by atoms with Crippen molar-refractivity contribution in [2.45, 2.75) is 17.3 Å². The van der Waals surface area contributed by atoms with E-state index in [1.54, 1.807) is 7.11 Å². The minimum absolute atomic E-state index is 0.528. The Balaban J connectivity index is 1.83. The average molecular weight is 453 g/mol. The van der Waals surface area contributed by atoms with Crippen molar-refractivity contribution in [1.29, 1.82) is 0 Å². The van der Waals surface area contributed by atoms with Crippen LogP contribution >= 0.6 is 0 Å². The Hall–Kier alpha value is -3.93. The van der Waals surface area contributed by atoms with E-state index in [2.05, 4.69) is 87.8 Å². The second-order valence-corrected chi connectivity index (χ2v) is 8.87. The molecule has 172 valence electrons. The van der Waals surface area contributed by atoms with Gasteiger partial charge in [-0.15, -0.1) is 0 Å². The number of likely N-dealkylation sites (N-methyl/N-ethyl adjacent to an activating group) is 1. The molecular formula is C28H28N4O2. The van der Waals surface area contributed by atoms with Gasteiger partial charge < -0.3 is 14.2 Å². The molecule has 1 aromatic heterocycles. The van der Waals surface area contributed by atoms with Crippen LogP contribution < -0.4 is 4.74 Å². The first kappa shape index (κ1) is 21.9. The highest BCUT2D eigenvalue weighted by Crippen LogP contribution is 2.51. The zero-order chi connectivity index (χ0) is 23.4. The van der Waals surface area contributed by atoms with Crippen LogP contribution in [0.15, 0.2) is 101 Å². The van der Waals surface area contributed by atoms with E-state index in [1.165, 1.54) is 23.1 Å². The summed E-state index contributed by atoms with van der Waals surface area (Å²) < 4.78 is 10.7. The van der Waals surface area contributed by atoms with Crippen molar-refractivity contribution in [1.82, 2.24) is 15.0 Å². The lowest BCUT2D eigenvalue weighted by atomic mass is 9.53. The van der Waals surface area contributed by atoms with E-state index in [4.69, 9.17) is 14.3 Å². The molecule has 4 aromatic rings. The Kier molecular flexibility index (Phi) is 5.88. The molecule has 0 saturated heterocycles. The van der Waals surface area contributed by atoms with Gasteiger partial charge >= 0.3 is 0 Å². The molecule has 34 heavy (non-hydrogen) atoms. The summed E-state index contributed by atoms with van der Waals surface area (Å²) in [6.45, 7) is 1.23. The first-order valence-corrected chi connectivity index (χ1v) is 11.4. The summed E-state index contributed by atoms with van der Waals surface area (Å²) in [6.07, 6.45) is 4.04. The molecule has 0 bridgehead atoms. The number of hydrogen-bond acceptors (Lipinski definition) is 6. The molecule has 0 radical (unpaired) electrons. The van der Waals surface area contributed by atoms with Gasteiger partial charge in [0.25, 0.3) is 0 Å². The number of rotatable bonds is 7. The molecule has 0 aliphatic carbocycles. The van der Waals surface area contributed by atoms with Gasteiger partial charge in [0.2, 0.25) is 6.39 Å². The SMILES string of the molecule is COc1ccc(CC(c2ccccc2)(c2ccccc2)C2(c3ncon3)CN=CN(C)C2)cc1.